The normalized spacial score (nSPS) is 20.8. The highest BCUT2D eigenvalue weighted by molar-refractivity contribution is 6.30. The average Bonchev–Trinajstić information content (AvgIpc) is 3.74. The van der Waals surface area contributed by atoms with Crippen molar-refractivity contribution in [1.29, 1.82) is 0 Å². The third-order valence-corrected chi connectivity index (χ3v) is 8.96. The van der Waals surface area contributed by atoms with Gasteiger partial charge < -0.3 is 14.4 Å². The van der Waals surface area contributed by atoms with Crippen LogP contribution in [0.1, 0.15) is 61.0 Å². The Labute approximate surface area is 271 Å². The Bertz CT molecular complexity index is 1570. The van der Waals surface area contributed by atoms with Gasteiger partial charge in [-0.2, -0.15) is 0 Å². The summed E-state index contributed by atoms with van der Waals surface area (Å²) in [6, 6.07) is 20.3. The van der Waals surface area contributed by atoms with Crippen molar-refractivity contribution in [3.63, 3.8) is 0 Å². The second kappa shape index (κ2) is 13.5. The van der Waals surface area contributed by atoms with Crippen LogP contribution in [0.3, 0.4) is 0 Å². The van der Waals surface area contributed by atoms with Crippen LogP contribution in [0.25, 0.3) is 0 Å². The van der Waals surface area contributed by atoms with Gasteiger partial charge >= 0.3 is 6.03 Å². The van der Waals surface area contributed by atoms with E-state index in [1.807, 2.05) is 90.4 Å². The molecule has 0 N–H and O–H groups in total. The first kappa shape index (κ1) is 31.0. The number of methoxy groups -OCH3 is 1. The second-order valence-electron chi connectivity index (χ2n) is 11.9. The van der Waals surface area contributed by atoms with E-state index in [9.17, 15) is 4.79 Å². The first-order chi connectivity index (χ1) is 21.9. The van der Waals surface area contributed by atoms with Gasteiger partial charge in [0.2, 0.25) is 0 Å². The third kappa shape index (κ3) is 6.53. The molecular formula is C36H40ClN5O3. The number of hydrogen-bond acceptors (Lipinski definition) is 6. The Kier molecular flexibility index (Phi) is 9.32. The maximum absolute atomic E-state index is 14.8. The minimum Gasteiger partial charge on any atom is -0.497 e. The van der Waals surface area contributed by atoms with E-state index in [0.717, 1.165) is 48.4 Å². The predicted octanol–water partition coefficient (Wildman–Crippen LogP) is 6.41. The van der Waals surface area contributed by atoms with E-state index >= 15 is 0 Å². The molecule has 234 valence electrons. The topological polar surface area (TPSA) is 60.9 Å². The van der Waals surface area contributed by atoms with E-state index in [4.69, 9.17) is 32.5 Å². The highest BCUT2D eigenvalue weighted by Gasteiger charge is 2.45. The fraction of sp³-hybridized carbons (Fsp3) is 0.389. The average molecular weight is 626 g/mol. The summed E-state index contributed by atoms with van der Waals surface area (Å²) in [4.78, 5) is 24.0. The van der Waals surface area contributed by atoms with Crippen molar-refractivity contribution in [2.24, 2.45) is 4.99 Å². The maximum Gasteiger partial charge on any atom is 0.326 e. The molecule has 9 heteroatoms. The van der Waals surface area contributed by atoms with Crippen LogP contribution in [0.2, 0.25) is 5.02 Å². The Morgan fingerprint density at radius 3 is 2.18 bits per heavy atom. The lowest BCUT2D eigenvalue weighted by Crippen LogP contribution is -2.57. The smallest absolute Gasteiger partial charge is 0.326 e. The molecule has 3 aromatic carbocycles. The molecule has 2 saturated heterocycles. The van der Waals surface area contributed by atoms with Crippen LogP contribution >= 0.6 is 11.6 Å². The molecule has 2 fully saturated rings. The van der Waals surface area contributed by atoms with Crippen molar-refractivity contribution in [3.05, 3.63) is 94.0 Å². The summed E-state index contributed by atoms with van der Waals surface area (Å²) >= 11 is 6.31. The molecule has 0 saturated carbocycles. The van der Waals surface area contributed by atoms with Gasteiger partial charge in [-0.3, -0.25) is 9.89 Å². The third-order valence-electron chi connectivity index (χ3n) is 8.70. The van der Waals surface area contributed by atoms with E-state index in [0.29, 0.717) is 35.4 Å². The number of carbonyl (C=O) groups is 1. The largest absolute Gasteiger partial charge is 0.497 e. The number of nitrogens with zero attached hydrogens (tertiary/aromatic N) is 5. The number of terminal acetylenes is 1. The summed E-state index contributed by atoms with van der Waals surface area (Å²) in [6.45, 7) is 9.01. The number of piperazine rings is 1. The van der Waals surface area contributed by atoms with Gasteiger partial charge in [0.15, 0.2) is 0 Å². The highest BCUT2D eigenvalue weighted by atomic mass is 35.5. The number of amidine groups is 1. The van der Waals surface area contributed by atoms with Gasteiger partial charge in [0.25, 0.3) is 0 Å². The maximum atomic E-state index is 14.8. The Balaban J connectivity index is 1.45. The minimum absolute atomic E-state index is 0.0800. The van der Waals surface area contributed by atoms with E-state index < -0.39 is 12.1 Å². The van der Waals surface area contributed by atoms with Gasteiger partial charge in [0.05, 0.1) is 24.8 Å². The molecule has 0 radical (unpaired) electrons. The van der Waals surface area contributed by atoms with E-state index in [1.165, 1.54) is 12.8 Å². The molecule has 3 aliphatic heterocycles. The number of aliphatic imine (C=N–C) groups is 1. The number of hydrogen-bond donors (Lipinski definition) is 0. The number of ether oxygens (including phenoxy) is 2. The summed E-state index contributed by atoms with van der Waals surface area (Å²) < 4.78 is 11.9. The van der Waals surface area contributed by atoms with Crippen LogP contribution in [-0.4, -0.2) is 84.2 Å². The standard InChI is InChI=1S/C36H40ClN5O3/c1-5-26-8-10-28(11-9-26)34-33(27-12-14-29(37)15-13-27)38-35(31-17-16-30(44-4)24-32(31)45-25(2)3)42(34)36(43)39-20-22-41(23-21-39)40-18-6-7-19-40/h1,8-17,24-25,33-34H,6-7,18-23H2,2-4H3. The van der Waals surface area contributed by atoms with Crippen LogP contribution in [0.5, 0.6) is 11.5 Å². The monoisotopic (exact) mass is 625 g/mol. The van der Waals surface area contributed by atoms with Crippen molar-refractivity contribution in [3.8, 4) is 23.8 Å². The Morgan fingerprint density at radius 1 is 0.911 bits per heavy atom. The molecule has 0 aromatic heterocycles. The van der Waals surface area contributed by atoms with Gasteiger partial charge in [-0.1, -0.05) is 41.8 Å². The van der Waals surface area contributed by atoms with Crippen LogP contribution in [0.15, 0.2) is 71.7 Å². The van der Waals surface area contributed by atoms with Crippen molar-refractivity contribution in [2.75, 3.05) is 46.4 Å². The van der Waals surface area contributed by atoms with Gasteiger partial charge in [0, 0.05) is 55.9 Å². The van der Waals surface area contributed by atoms with Crippen LogP contribution in [0, 0.1) is 12.3 Å². The van der Waals surface area contributed by atoms with Crippen LogP contribution < -0.4 is 9.47 Å². The van der Waals surface area contributed by atoms with E-state index in [-0.39, 0.29) is 12.1 Å². The summed E-state index contributed by atoms with van der Waals surface area (Å²) in [5.41, 5.74) is 3.41. The van der Waals surface area contributed by atoms with Crippen molar-refractivity contribution in [1.82, 2.24) is 19.8 Å². The zero-order valence-corrected chi connectivity index (χ0v) is 26.9. The Morgan fingerprint density at radius 2 is 1.56 bits per heavy atom. The molecule has 3 aromatic rings. The Hall–Kier alpha value is -4.03. The number of amides is 2. The van der Waals surface area contributed by atoms with Gasteiger partial charge in [-0.25, -0.2) is 14.8 Å². The lowest BCUT2D eigenvalue weighted by Gasteiger charge is -2.41. The summed E-state index contributed by atoms with van der Waals surface area (Å²) in [6.07, 6.45) is 8.06. The molecule has 2 amide bonds. The molecule has 0 spiro atoms. The molecule has 8 nitrogen and oxygen atoms in total. The van der Waals surface area contributed by atoms with Gasteiger partial charge in [0.1, 0.15) is 23.4 Å². The molecule has 45 heavy (non-hydrogen) atoms. The van der Waals surface area contributed by atoms with E-state index in [1.54, 1.807) is 7.11 Å². The highest BCUT2D eigenvalue weighted by Crippen LogP contribution is 2.45. The van der Waals surface area contributed by atoms with Crippen LogP contribution in [0.4, 0.5) is 4.79 Å². The first-order valence-electron chi connectivity index (χ1n) is 15.7. The molecule has 6 rings (SSSR count). The van der Waals surface area contributed by atoms with Gasteiger partial charge in [-0.15, -0.1) is 6.42 Å². The zero-order chi connectivity index (χ0) is 31.5. The first-order valence-corrected chi connectivity index (χ1v) is 16.1. The molecule has 3 aliphatic rings. The number of hydrazine groups is 1. The number of carbonyl (C=O) groups excluding carboxylic acids is 1. The number of benzene rings is 3. The molecule has 2 unspecified atom stereocenters. The zero-order valence-electron chi connectivity index (χ0n) is 26.2. The SMILES string of the molecule is C#Cc1ccc(C2C(c3ccc(Cl)cc3)N=C(c3ccc(OC)cc3OC(C)C)N2C(=O)N2CCN(N3CCCC3)CC2)cc1. The number of halogens is 1. The second-order valence-corrected chi connectivity index (χ2v) is 12.4. The van der Waals surface area contributed by atoms with Crippen molar-refractivity contribution >= 4 is 23.5 Å². The lowest BCUT2D eigenvalue weighted by molar-refractivity contribution is -0.0341. The molecule has 0 aliphatic carbocycles. The van der Waals surface area contributed by atoms with Gasteiger partial charge in [-0.05, 0) is 74.2 Å². The lowest BCUT2D eigenvalue weighted by atomic mass is 9.93. The number of rotatable bonds is 7. The van der Waals surface area contributed by atoms with Crippen molar-refractivity contribution in [2.45, 2.75) is 44.9 Å². The van der Waals surface area contributed by atoms with E-state index in [2.05, 4.69) is 15.9 Å². The summed E-state index contributed by atoms with van der Waals surface area (Å²) in [7, 11) is 1.63. The predicted molar refractivity (Wildman–Crippen MR) is 178 cm³/mol. The quantitative estimate of drug-likeness (QED) is 0.284. The summed E-state index contributed by atoms with van der Waals surface area (Å²) in [5, 5.41) is 5.48. The fourth-order valence-corrected chi connectivity index (χ4v) is 6.57. The van der Waals surface area contributed by atoms with Crippen molar-refractivity contribution < 1.29 is 14.3 Å². The van der Waals surface area contributed by atoms with Crippen LogP contribution in [-0.2, 0) is 0 Å². The number of urea groups is 1. The summed E-state index contributed by atoms with van der Waals surface area (Å²) in [5.74, 6) is 4.55. The fourth-order valence-electron chi connectivity index (χ4n) is 6.44. The molecule has 3 heterocycles. The molecular weight excluding hydrogens is 586 g/mol. The molecule has 0 bridgehead atoms. The minimum atomic E-state index is -0.425. The molecule has 2 atom stereocenters.